The number of imidazole rings is 1. The van der Waals surface area contributed by atoms with Crippen molar-refractivity contribution in [3.8, 4) is 0 Å². The van der Waals surface area contributed by atoms with Crippen LogP contribution in [0.5, 0.6) is 0 Å². The smallest absolute Gasteiger partial charge is 0.236 e. The van der Waals surface area contributed by atoms with Gasteiger partial charge in [-0.25, -0.2) is 18.4 Å². The summed E-state index contributed by atoms with van der Waals surface area (Å²) in [4.78, 5) is 8.17. The van der Waals surface area contributed by atoms with Crippen molar-refractivity contribution in [3.05, 3.63) is 24.2 Å². The molecule has 0 bridgehead atoms. The number of fused-ring (bicyclic) bond motifs is 1. The van der Waals surface area contributed by atoms with E-state index in [2.05, 4.69) is 9.97 Å². The Morgan fingerprint density at radius 3 is 2.87 bits per heavy atom. The summed E-state index contributed by atoms with van der Waals surface area (Å²) in [6.07, 6.45) is 3.13. The van der Waals surface area contributed by atoms with Crippen LogP contribution in [0.15, 0.2) is 18.6 Å². The summed E-state index contributed by atoms with van der Waals surface area (Å²) in [6, 6.07) is 1.61. The number of rotatable bonds is 2. The molecular formula is C8H8ClN3O2S. The van der Waals surface area contributed by atoms with E-state index in [9.17, 15) is 8.42 Å². The first kappa shape index (κ1) is 10.4. The SMILES string of the molecule is Cn1cnc2c(CS(=O)(=O)Cl)ccnc21. The Hall–Kier alpha value is -1.14. The van der Waals surface area contributed by atoms with E-state index in [0.717, 1.165) is 0 Å². The Balaban J connectivity index is 2.62. The van der Waals surface area contributed by atoms with Crippen molar-refractivity contribution >= 4 is 30.9 Å². The molecule has 0 atom stereocenters. The molecule has 5 nitrogen and oxygen atoms in total. The number of nitrogens with zero attached hydrogens (tertiary/aromatic N) is 3. The monoisotopic (exact) mass is 245 g/mol. The largest absolute Gasteiger partial charge is 0.318 e. The molecule has 80 valence electrons. The van der Waals surface area contributed by atoms with Crippen molar-refractivity contribution in [2.24, 2.45) is 7.05 Å². The zero-order valence-electron chi connectivity index (χ0n) is 7.88. The Kier molecular flexibility index (Phi) is 2.40. The molecule has 0 saturated carbocycles. The van der Waals surface area contributed by atoms with Crippen LogP contribution in [0.1, 0.15) is 5.56 Å². The Morgan fingerprint density at radius 1 is 1.47 bits per heavy atom. The highest BCUT2D eigenvalue weighted by Crippen LogP contribution is 2.17. The summed E-state index contributed by atoms with van der Waals surface area (Å²) < 4.78 is 23.6. The van der Waals surface area contributed by atoms with Gasteiger partial charge in [-0.05, 0) is 11.6 Å². The molecule has 0 N–H and O–H groups in total. The Labute approximate surface area is 91.1 Å². The molecule has 2 aromatic heterocycles. The summed E-state index contributed by atoms with van der Waals surface area (Å²) in [6.45, 7) is 0. The van der Waals surface area contributed by atoms with Crippen LogP contribution in [-0.4, -0.2) is 23.0 Å². The van der Waals surface area contributed by atoms with Crippen molar-refractivity contribution in [2.45, 2.75) is 5.75 Å². The van der Waals surface area contributed by atoms with Crippen molar-refractivity contribution in [3.63, 3.8) is 0 Å². The minimum Gasteiger partial charge on any atom is -0.318 e. The molecule has 2 rings (SSSR count). The zero-order valence-corrected chi connectivity index (χ0v) is 9.46. The zero-order chi connectivity index (χ0) is 11.1. The molecule has 2 heterocycles. The fourth-order valence-corrected chi connectivity index (χ4v) is 2.34. The van der Waals surface area contributed by atoms with Crippen LogP contribution < -0.4 is 0 Å². The van der Waals surface area contributed by atoms with E-state index in [4.69, 9.17) is 10.7 Å². The predicted molar refractivity (Wildman–Crippen MR) is 57.0 cm³/mol. The van der Waals surface area contributed by atoms with Gasteiger partial charge in [0.1, 0.15) is 5.52 Å². The molecule has 0 saturated heterocycles. The normalized spacial score (nSPS) is 12.1. The average Bonchev–Trinajstić information content (AvgIpc) is 2.47. The van der Waals surface area contributed by atoms with Crippen molar-refractivity contribution < 1.29 is 8.42 Å². The summed E-state index contributed by atoms with van der Waals surface area (Å²) in [5.74, 6) is -0.232. The first-order chi connectivity index (χ1) is 6.97. The van der Waals surface area contributed by atoms with Crippen LogP contribution in [0, 0.1) is 0 Å². The molecule has 0 radical (unpaired) electrons. The van der Waals surface area contributed by atoms with Gasteiger partial charge in [-0.1, -0.05) is 0 Å². The van der Waals surface area contributed by atoms with Gasteiger partial charge in [0.05, 0.1) is 12.1 Å². The molecule has 15 heavy (non-hydrogen) atoms. The summed E-state index contributed by atoms with van der Waals surface area (Å²) >= 11 is 0. The number of halogens is 1. The maximum absolute atomic E-state index is 11.0. The third kappa shape index (κ3) is 2.10. The molecule has 0 aromatic carbocycles. The Morgan fingerprint density at radius 2 is 2.20 bits per heavy atom. The van der Waals surface area contributed by atoms with Crippen molar-refractivity contribution in [1.29, 1.82) is 0 Å². The maximum Gasteiger partial charge on any atom is 0.236 e. The lowest BCUT2D eigenvalue weighted by molar-refractivity contribution is 0.609. The van der Waals surface area contributed by atoms with Crippen molar-refractivity contribution in [2.75, 3.05) is 0 Å². The average molecular weight is 246 g/mol. The third-order valence-corrected chi connectivity index (χ3v) is 2.99. The summed E-state index contributed by atoms with van der Waals surface area (Å²) in [5.41, 5.74) is 1.78. The lowest BCUT2D eigenvalue weighted by Gasteiger charge is -1.99. The van der Waals surface area contributed by atoms with Gasteiger partial charge < -0.3 is 4.57 Å². The quantitative estimate of drug-likeness (QED) is 0.742. The minimum absolute atomic E-state index is 0.232. The van der Waals surface area contributed by atoms with E-state index >= 15 is 0 Å². The number of hydrogen-bond acceptors (Lipinski definition) is 4. The van der Waals surface area contributed by atoms with Crippen LogP contribution in [0.25, 0.3) is 11.2 Å². The van der Waals surface area contributed by atoms with Crippen LogP contribution in [-0.2, 0) is 21.9 Å². The molecule has 0 fully saturated rings. The second-order valence-electron chi connectivity index (χ2n) is 3.18. The third-order valence-electron chi connectivity index (χ3n) is 2.01. The molecule has 0 aliphatic rings. The van der Waals surface area contributed by atoms with Gasteiger partial charge in [0, 0.05) is 23.9 Å². The maximum atomic E-state index is 11.0. The first-order valence-electron chi connectivity index (χ1n) is 4.14. The topological polar surface area (TPSA) is 64.8 Å². The van der Waals surface area contributed by atoms with E-state index in [0.29, 0.717) is 16.7 Å². The van der Waals surface area contributed by atoms with Gasteiger partial charge in [-0.15, -0.1) is 0 Å². The standard InChI is InChI=1S/C8H8ClN3O2S/c1-12-5-11-7-6(4-15(9,13)14)2-3-10-8(7)12/h2-3,5H,4H2,1H3. The van der Waals surface area contributed by atoms with E-state index < -0.39 is 9.05 Å². The second-order valence-corrected chi connectivity index (χ2v) is 5.96. The van der Waals surface area contributed by atoms with Gasteiger partial charge in [-0.2, -0.15) is 0 Å². The van der Waals surface area contributed by atoms with Gasteiger partial charge >= 0.3 is 0 Å². The van der Waals surface area contributed by atoms with Gasteiger partial charge in [0.25, 0.3) is 0 Å². The van der Waals surface area contributed by atoms with E-state index in [-0.39, 0.29) is 5.75 Å². The molecule has 0 aliphatic heterocycles. The number of aromatic nitrogens is 3. The highest BCUT2D eigenvalue weighted by molar-refractivity contribution is 8.13. The molecule has 0 aliphatic carbocycles. The fraction of sp³-hybridized carbons (Fsp3) is 0.250. The van der Waals surface area contributed by atoms with E-state index in [1.807, 2.05) is 0 Å². The highest BCUT2D eigenvalue weighted by Gasteiger charge is 2.12. The van der Waals surface area contributed by atoms with Crippen LogP contribution in [0.4, 0.5) is 0 Å². The van der Waals surface area contributed by atoms with Crippen LogP contribution >= 0.6 is 10.7 Å². The van der Waals surface area contributed by atoms with E-state index in [1.165, 1.54) is 0 Å². The first-order valence-corrected chi connectivity index (χ1v) is 6.62. The molecule has 7 heteroatoms. The fourth-order valence-electron chi connectivity index (χ4n) is 1.38. The second kappa shape index (κ2) is 3.46. The number of pyridine rings is 1. The van der Waals surface area contributed by atoms with Crippen molar-refractivity contribution in [1.82, 2.24) is 14.5 Å². The minimum atomic E-state index is -3.56. The number of hydrogen-bond donors (Lipinski definition) is 0. The molecular weight excluding hydrogens is 238 g/mol. The summed E-state index contributed by atoms with van der Waals surface area (Å²) in [7, 11) is 3.42. The van der Waals surface area contributed by atoms with E-state index in [1.54, 1.807) is 30.2 Å². The summed E-state index contributed by atoms with van der Waals surface area (Å²) in [5, 5.41) is 0. The van der Waals surface area contributed by atoms with Gasteiger partial charge in [0.15, 0.2) is 5.65 Å². The molecule has 2 aromatic rings. The molecule has 0 amide bonds. The van der Waals surface area contributed by atoms with Gasteiger partial charge in [0.2, 0.25) is 9.05 Å². The van der Waals surface area contributed by atoms with Gasteiger partial charge in [-0.3, -0.25) is 0 Å². The lowest BCUT2D eigenvalue weighted by atomic mass is 10.3. The molecule has 0 unspecified atom stereocenters. The predicted octanol–water partition coefficient (Wildman–Crippen LogP) is 1.04. The highest BCUT2D eigenvalue weighted by atomic mass is 35.7. The van der Waals surface area contributed by atoms with Crippen LogP contribution in [0.3, 0.4) is 0 Å². The molecule has 0 spiro atoms. The lowest BCUT2D eigenvalue weighted by Crippen LogP contribution is -1.97. The van der Waals surface area contributed by atoms with Crippen LogP contribution in [0.2, 0.25) is 0 Å². The Bertz CT molecular complexity index is 605. The number of aryl methyl sites for hydroxylation is 1.